The van der Waals surface area contributed by atoms with Crippen molar-refractivity contribution >= 4 is 0 Å². The number of ether oxygens (including phenoxy) is 2. The van der Waals surface area contributed by atoms with Gasteiger partial charge in [-0.1, -0.05) is 5.92 Å². The Balaban J connectivity index is 2.09. The standard InChI is InChI=1S/C15H12N2O4/c1-2-5-16-6-7-17(15(19)14(16)18)11-3-4-12-13(10-11)21-9-8-20-12/h1,3-4,6-7,10H,5,8-9H2. The van der Waals surface area contributed by atoms with Gasteiger partial charge in [-0.15, -0.1) is 6.42 Å². The number of benzene rings is 1. The monoisotopic (exact) mass is 284 g/mol. The van der Waals surface area contributed by atoms with Gasteiger partial charge in [0.05, 0.1) is 12.2 Å². The molecule has 2 heterocycles. The van der Waals surface area contributed by atoms with Crippen molar-refractivity contribution in [3.8, 4) is 29.5 Å². The second kappa shape index (κ2) is 5.21. The van der Waals surface area contributed by atoms with E-state index in [1.807, 2.05) is 0 Å². The molecule has 6 heteroatoms. The minimum absolute atomic E-state index is 0.0655. The Bertz CT molecular complexity index is 842. The Labute approximate surface area is 120 Å². The van der Waals surface area contributed by atoms with E-state index in [-0.39, 0.29) is 6.54 Å². The van der Waals surface area contributed by atoms with Crippen molar-refractivity contribution in [2.24, 2.45) is 0 Å². The molecule has 0 bridgehead atoms. The second-order valence-corrected chi connectivity index (χ2v) is 4.44. The van der Waals surface area contributed by atoms with E-state index in [9.17, 15) is 9.59 Å². The summed E-state index contributed by atoms with van der Waals surface area (Å²) in [7, 11) is 0. The van der Waals surface area contributed by atoms with Crippen molar-refractivity contribution in [2.75, 3.05) is 13.2 Å². The van der Waals surface area contributed by atoms with E-state index in [0.717, 1.165) is 0 Å². The molecule has 0 N–H and O–H groups in total. The highest BCUT2D eigenvalue weighted by Crippen LogP contribution is 2.31. The fraction of sp³-hybridized carbons (Fsp3) is 0.200. The fourth-order valence-electron chi connectivity index (χ4n) is 2.12. The zero-order valence-electron chi connectivity index (χ0n) is 11.1. The lowest BCUT2D eigenvalue weighted by atomic mass is 10.2. The highest BCUT2D eigenvalue weighted by Gasteiger charge is 2.13. The molecular formula is C15H12N2O4. The molecule has 0 saturated heterocycles. The molecule has 0 fully saturated rings. The summed E-state index contributed by atoms with van der Waals surface area (Å²) in [5, 5.41) is 0. The van der Waals surface area contributed by atoms with Crippen LogP contribution in [-0.4, -0.2) is 22.3 Å². The topological polar surface area (TPSA) is 62.5 Å². The minimum Gasteiger partial charge on any atom is -0.486 e. The van der Waals surface area contributed by atoms with Gasteiger partial charge >= 0.3 is 11.1 Å². The summed E-state index contributed by atoms with van der Waals surface area (Å²) in [5.74, 6) is 3.51. The lowest BCUT2D eigenvalue weighted by molar-refractivity contribution is 0.171. The van der Waals surface area contributed by atoms with Crippen LogP contribution in [0.4, 0.5) is 0 Å². The van der Waals surface area contributed by atoms with E-state index in [2.05, 4.69) is 5.92 Å². The first-order valence-electron chi connectivity index (χ1n) is 6.36. The molecular weight excluding hydrogens is 272 g/mol. The number of rotatable bonds is 2. The lowest BCUT2D eigenvalue weighted by Gasteiger charge is -2.19. The first kappa shape index (κ1) is 13.1. The molecule has 0 spiro atoms. The third-order valence-electron chi connectivity index (χ3n) is 3.12. The third-order valence-corrected chi connectivity index (χ3v) is 3.12. The number of aromatic nitrogens is 2. The van der Waals surface area contributed by atoms with E-state index in [0.29, 0.717) is 30.4 Å². The Kier molecular flexibility index (Phi) is 3.24. The van der Waals surface area contributed by atoms with Crippen LogP contribution >= 0.6 is 0 Å². The van der Waals surface area contributed by atoms with Crippen molar-refractivity contribution in [1.82, 2.24) is 9.13 Å². The van der Waals surface area contributed by atoms with Crippen LogP contribution in [0.3, 0.4) is 0 Å². The zero-order valence-corrected chi connectivity index (χ0v) is 11.1. The van der Waals surface area contributed by atoms with Gasteiger partial charge < -0.3 is 9.47 Å². The molecule has 106 valence electrons. The molecule has 0 radical (unpaired) electrons. The Morgan fingerprint density at radius 1 is 1.10 bits per heavy atom. The Hall–Kier alpha value is -2.94. The Morgan fingerprint density at radius 2 is 1.86 bits per heavy atom. The highest BCUT2D eigenvalue weighted by molar-refractivity contribution is 5.49. The molecule has 0 unspecified atom stereocenters. The fourth-order valence-corrected chi connectivity index (χ4v) is 2.12. The molecule has 3 rings (SSSR count). The van der Waals surface area contributed by atoms with Gasteiger partial charge in [-0.3, -0.25) is 18.7 Å². The van der Waals surface area contributed by atoms with E-state index in [1.54, 1.807) is 18.2 Å². The molecule has 0 amide bonds. The second-order valence-electron chi connectivity index (χ2n) is 4.44. The molecule has 6 nitrogen and oxygen atoms in total. The maximum atomic E-state index is 12.1. The number of nitrogens with zero attached hydrogens (tertiary/aromatic N) is 2. The van der Waals surface area contributed by atoms with E-state index in [4.69, 9.17) is 15.9 Å². The quantitative estimate of drug-likeness (QED) is 0.592. The summed E-state index contributed by atoms with van der Waals surface area (Å²) >= 11 is 0. The van der Waals surface area contributed by atoms with Gasteiger partial charge in [-0.2, -0.15) is 0 Å². The van der Waals surface area contributed by atoms with Gasteiger partial charge in [-0.05, 0) is 12.1 Å². The predicted molar refractivity (Wildman–Crippen MR) is 76.1 cm³/mol. The number of terminal acetylenes is 1. The van der Waals surface area contributed by atoms with Crippen molar-refractivity contribution in [3.63, 3.8) is 0 Å². The van der Waals surface area contributed by atoms with Crippen LogP contribution in [0.15, 0.2) is 40.2 Å². The summed E-state index contributed by atoms with van der Waals surface area (Å²) in [5.41, 5.74) is -0.788. The SMILES string of the molecule is C#CCn1ccn(-c2ccc3c(c2)OCCO3)c(=O)c1=O. The maximum absolute atomic E-state index is 12.1. The molecule has 1 aromatic heterocycles. The van der Waals surface area contributed by atoms with Crippen LogP contribution in [0.2, 0.25) is 0 Å². The third kappa shape index (κ3) is 2.30. The van der Waals surface area contributed by atoms with E-state index in [1.165, 1.54) is 21.5 Å². The van der Waals surface area contributed by atoms with Gasteiger partial charge in [-0.25, -0.2) is 0 Å². The largest absolute Gasteiger partial charge is 0.486 e. The zero-order chi connectivity index (χ0) is 14.8. The number of hydrogen-bond donors (Lipinski definition) is 0. The van der Waals surface area contributed by atoms with Gasteiger partial charge in [0.25, 0.3) is 0 Å². The minimum atomic E-state index is -0.663. The average Bonchev–Trinajstić information content (AvgIpc) is 2.52. The molecule has 0 atom stereocenters. The summed E-state index contributed by atoms with van der Waals surface area (Å²) in [6, 6.07) is 5.07. The summed E-state index contributed by atoms with van der Waals surface area (Å²) in [4.78, 5) is 24.0. The number of hydrogen-bond acceptors (Lipinski definition) is 4. The first-order chi connectivity index (χ1) is 10.2. The van der Waals surface area contributed by atoms with Crippen LogP contribution in [-0.2, 0) is 6.54 Å². The van der Waals surface area contributed by atoms with Crippen LogP contribution in [0, 0.1) is 12.3 Å². The maximum Gasteiger partial charge on any atom is 0.321 e. The van der Waals surface area contributed by atoms with Gasteiger partial charge in [0, 0.05) is 18.5 Å². The smallest absolute Gasteiger partial charge is 0.321 e. The molecule has 0 saturated carbocycles. The Morgan fingerprint density at radius 3 is 2.62 bits per heavy atom. The molecule has 1 aliphatic rings. The summed E-state index contributed by atoms with van der Waals surface area (Å²) in [6.07, 6.45) is 8.15. The van der Waals surface area contributed by atoms with Crippen molar-refractivity contribution in [3.05, 3.63) is 51.3 Å². The normalized spacial score (nSPS) is 12.7. The van der Waals surface area contributed by atoms with Gasteiger partial charge in [0.2, 0.25) is 0 Å². The summed E-state index contributed by atoms with van der Waals surface area (Å²) in [6.45, 7) is 1.01. The molecule has 1 aliphatic heterocycles. The molecule has 21 heavy (non-hydrogen) atoms. The average molecular weight is 284 g/mol. The first-order valence-corrected chi connectivity index (χ1v) is 6.36. The van der Waals surface area contributed by atoms with Crippen LogP contribution < -0.4 is 20.6 Å². The van der Waals surface area contributed by atoms with Crippen LogP contribution in [0.5, 0.6) is 11.5 Å². The highest BCUT2D eigenvalue weighted by atomic mass is 16.6. The van der Waals surface area contributed by atoms with Gasteiger partial charge in [0.15, 0.2) is 11.5 Å². The predicted octanol–water partition coefficient (Wildman–Crippen LogP) is 0.404. The lowest BCUT2D eigenvalue weighted by Crippen LogP contribution is -2.39. The van der Waals surface area contributed by atoms with E-state index >= 15 is 0 Å². The number of fused-ring (bicyclic) bond motifs is 1. The molecule has 0 aliphatic carbocycles. The summed E-state index contributed by atoms with van der Waals surface area (Å²) < 4.78 is 13.3. The van der Waals surface area contributed by atoms with Gasteiger partial charge in [0.1, 0.15) is 13.2 Å². The van der Waals surface area contributed by atoms with Crippen molar-refractivity contribution < 1.29 is 9.47 Å². The van der Waals surface area contributed by atoms with Crippen LogP contribution in [0.1, 0.15) is 0 Å². The van der Waals surface area contributed by atoms with E-state index < -0.39 is 11.1 Å². The van der Waals surface area contributed by atoms with Crippen molar-refractivity contribution in [1.29, 1.82) is 0 Å². The van der Waals surface area contributed by atoms with Crippen LogP contribution in [0.25, 0.3) is 5.69 Å². The molecule has 2 aromatic rings. The molecule has 1 aromatic carbocycles. The van der Waals surface area contributed by atoms with Crippen molar-refractivity contribution in [2.45, 2.75) is 6.54 Å².